The first-order chi connectivity index (χ1) is 12.8. The molecule has 6 nitrogen and oxygen atoms in total. The van der Waals surface area contributed by atoms with E-state index in [0.29, 0.717) is 18.4 Å². The fourth-order valence-corrected chi connectivity index (χ4v) is 4.48. The normalized spacial score (nSPS) is 22.7. The predicted molar refractivity (Wildman–Crippen MR) is 98.9 cm³/mol. The molecule has 3 heterocycles. The van der Waals surface area contributed by atoms with Crippen LogP contribution in [0, 0.1) is 0 Å². The molecule has 0 amide bonds. The van der Waals surface area contributed by atoms with Gasteiger partial charge in [0.05, 0.1) is 31.1 Å². The second-order valence-corrected chi connectivity index (χ2v) is 7.85. The minimum absolute atomic E-state index is 0.132. The van der Waals surface area contributed by atoms with E-state index in [-0.39, 0.29) is 6.61 Å². The summed E-state index contributed by atoms with van der Waals surface area (Å²) in [6.07, 6.45) is 10.9. The van der Waals surface area contributed by atoms with Crippen molar-refractivity contribution in [1.29, 1.82) is 0 Å². The van der Waals surface area contributed by atoms with E-state index < -0.39 is 0 Å². The van der Waals surface area contributed by atoms with Crippen LogP contribution >= 0.6 is 0 Å². The molecular formula is C20H30N4O2. The Morgan fingerprint density at radius 3 is 2.77 bits per heavy atom. The van der Waals surface area contributed by atoms with Crippen LogP contribution in [0.15, 0.2) is 22.9 Å². The summed E-state index contributed by atoms with van der Waals surface area (Å²) in [5, 5.41) is 18.0. The van der Waals surface area contributed by atoms with Crippen LogP contribution in [0.2, 0.25) is 0 Å². The van der Waals surface area contributed by atoms with Crippen molar-refractivity contribution in [2.75, 3.05) is 19.7 Å². The van der Waals surface area contributed by atoms with Crippen LogP contribution in [0.5, 0.6) is 0 Å². The SMILES string of the molecule is OCCn1ccc([C@@H]2CCCN(Cc3cc(C4CCCCC4)no3)C2)n1. The zero-order valence-corrected chi connectivity index (χ0v) is 15.5. The molecule has 1 N–H and O–H groups in total. The quantitative estimate of drug-likeness (QED) is 0.858. The van der Waals surface area contributed by atoms with Crippen molar-refractivity contribution in [3.05, 3.63) is 35.5 Å². The first-order valence-electron chi connectivity index (χ1n) is 10.1. The molecule has 4 rings (SSSR count). The summed E-state index contributed by atoms with van der Waals surface area (Å²) < 4.78 is 7.49. The van der Waals surface area contributed by atoms with Gasteiger partial charge in [-0.3, -0.25) is 9.58 Å². The fourth-order valence-electron chi connectivity index (χ4n) is 4.48. The third-order valence-electron chi connectivity index (χ3n) is 5.89. The molecule has 0 unspecified atom stereocenters. The molecule has 0 radical (unpaired) electrons. The number of hydrogen-bond donors (Lipinski definition) is 1. The van der Waals surface area contributed by atoms with E-state index in [1.54, 1.807) is 0 Å². The molecule has 2 aliphatic rings. The summed E-state index contributed by atoms with van der Waals surface area (Å²) in [6.45, 7) is 3.65. The monoisotopic (exact) mass is 358 g/mol. The van der Waals surface area contributed by atoms with E-state index in [1.165, 1.54) is 44.9 Å². The van der Waals surface area contributed by atoms with Gasteiger partial charge in [-0.25, -0.2) is 0 Å². The van der Waals surface area contributed by atoms with Gasteiger partial charge >= 0.3 is 0 Å². The lowest BCUT2D eigenvalue weighted by molar-refractivity contribution is 0.178. The van der Waals surface area contributed by atoms with E-state index in [9.17, 15) is 0 Å². The minimum atomic E-state index is 0.132. The van der Waals surface area contributed by atoms with Crippen LogP contribution in [0.1, 0.15) is 73.9 Å². The highest BCUT2D eigenvalue weighted by Crippen LogP contribution is 2.33. The van der Waals surface area contributed by atoms with Crippen molar-refractivity contribution in [1.82, 2.24) is 19.8 Å². The summed E-state index contributed by atoms with van der Waals surface area (Å²) >= 11 is 0. The molecule has 26 heavy (non-hydrogen) atoms. The molecule has 0 spiro atoms. The van der Waals surface area contributed by atoms with Crippen LogP contribution in [-0.4, -0.2) is 44.6 Å². The molecule has 1 saturated carbocycles. The van der Waals surface area contributed by atoms with Gasteiger partial charge in [-0.05, 0) is 38.3 Å². The molecule has 0 aromatic carbocycles. The highest BCUT2D eigenvalue weighted by atomic mass is 16.5. The van der Waals surface area contributed by atoms with Crippen molar-refractivity contribution in [3.8, 4) is 0 Å². The van der Waals surface area contributed by atoms with Gasteiger partial charge < -0.3 is 9.63 Å². The van der Waals surface area contributed by atoms with Gasteiger partial charge in [0.15, 0.2) is 5.76 Å². The molecule has 1 aliphatic carbocycles. The molecule has 0 bridgehead atoms. The van der Waals surface area contributed by atoms with Crippen LogP contribution < -0.4 is 0 Å². The van der Waals surface area contributed by atoms with Crippen LogP contribution in [0.3, 0.4) is 0 Å². The third kappa shape index (κ3) is 4.18. The second-order valence-electron chi connectivity index (χ2n) is 7.85. The Morgan fingerprint density at radius 2 is 1.92 bits per heavy atom. The Kier molecular flexibility index (Phi) is 5.70. The Balaban J connectivity index is 1.35. The van der Waals surface area contributed by atoms with Crippen LogP contribution in [0.4, 0.5) is 0 Å². The highest BCUT2D eigenvalue weighted by molar-refractivity contribution is 5.12. The Hall–Kier alpha value is -1.66. The number of piperidine rings is 1. The van der Waals surface area contributed by atoms with Crippen molar-refractivity contribution < 1.29 is 9.63 Å². The summed E-state index contributed by atoms with van der Waals surface area (Å²) in [5.41, 5.74) is 2.31. The van der Waals surface area contributed by atoms with Gasteiger partial charge in [0, 0.05) is 30.6 Å². The first kappa shape index (κ1) is 17.7. The van der Waals surface area contributed by atoms with E-state index >= 15 is 0 Å². The predicted octanol–water partition coefficient (Wildman–Crippen LogP) is 3.29. The number of aliphatic hydroxyl groups excluding tert-OH is 1. The standard InChI is InChI=1S/C20H30N4O2/c25-12-11-24-10-8-19(21-24)17-7-4-9-23(14-17)15-18-13-20(22-26-18)16-5-2-1-3-6-16/h8,10,13,16-17,25H,1-7,9,11-12,14-15H2/t17-/m1/s1. The number of nitrogens with zero attached hydrogens (tertiary/aromatic N) is 4. The van der Waals surface area contributed by atoms with Gasteiger partial charge in [0.2, 0.25) is 0 Å². The molecular weight excluding hydrogens is 328 g/mol. The Morgan fingerprint density at radius 1 is 1.08 bits per heavy atom. The second kappa shape index (κ2) is 8.35. The number of aromatic nitrogens is 3. The van der Waals surface area contributed by atoms with E-state index in [2.05, 4.69) is 27.3 Å². The summed E-state index contributed by atoms with van der Waals surface area (Å²) in [4.78, 5) is 2.46. The highest BCUT2D eigenvalue weighted by Gasteiger charge is 2.25. The molecule has 2 fully saturated rings. The summed E-state index contributed by atoms with van der Waals surface area (Å²) in [6, 6.07) is 4.29. The zero-order valence-electron chi connectivity index (χ0n) is 15.5. The van der Waals surface area contributed by atoms with E-state index in [1.807, 2.05) is 10.9 Å². The lowest BCUT2D eigenvalue weighted by Crippen LogP contribution is -2.34. The lowest BCUT2D eigenvalue weighted by Gasteiger charge is -2.31. The number of aliphatic hydroxyl groups is 1. The lowest BCUT2D eigenvalue weighted by atomic mass is 9.87. The van der Waals surface area contributed by atoms with Crippen molar-refractivity contribution in [2.24, 2.45) is 0 Å². The van der Waals surface area contributed by atoms with Gasteiger partial charge in [-0.15, -0.1) is 0 Å². The van der Waals surface area contributed by atoms with Crippen molar-refractivity contribution in [2.45, 2.75) is 69.9 Å². The summed E-state index contributed by atoms with van der Waals surface area (Å²) in [5.74, 6) is 2.06. The zero-order chi connectivity index (χ0) is 17.8. The van der Waals surface area contributed by atoms with Gasteiger partial charge in [-0.1, -0.05) is 24.4 Å². The van der Waals surface area contributed by atoms with E-state index in [0.717, 1.165) is 36.8 Å². The van der Waals surface area contributed by atoms with Gasteiger partial charge in [0.25, 0.3) is 0 Å². The smallest absolute Gasteiger partial charge is 0.150 e. The van der Waals surface area contributed by atoms with Crippen molar-refractivity contribution >= 4 is 0 Å². The molecule has 2 aromatic rings. The average molecular weight is 358 g/mol. The molecule has 1 saturated heterocycles. The molecule has 1 atom stereocenters. The maximum absolute atomic E-state index is 9.06. The number of hydrogen-bond acceptors (Lipinski definition) is 5. The van der Waals surface area contributed by atoms with Gasteiger partial charge in [-0.2, -0.15) is 5.10 Å². The van der Waals surface area contributed by atoms with Crippen molar-refractivity contribution in [3.63, 3.8) is 0 Å². The largest absolute Gasteiger partial charge is 0.394 e. The maximum Gasteiger partial charge on any atom is 0.150 e. The maximum atomic E-state index is 9.06. The third-order valence-corrected chi connectivity index (χ3v) is 5.89. The topological polar surface area (TPSA) is 67.3 Å². The number of rotatable bonds is 6. The number of likely N-dealkylation sites (tertiary alicyclic amines) is 1. The summed E-state index contributed by atoms with van der Waals surface area (Å²) in [7, 11) is 0. The Bertz CT molecular complexity index is 690. The molecule has 6 heteroatoms. The minimum Gasteiger partial charge on any atom is -0.394 e. The van der Waals surface area contributed by atoms with E-state index in [4.69, 9.17) is 9.63 Å². The average Bonchev–Trinajstić information content (AvgIpc) is 3.33. The van der Waals surface area contributed by atoms with Crippen LogP contribution in [-0.2, 0) is 13.1 Å². The van der Waals surface area contributed by atoms with Crippen LogP contribution in [0.25, 0.3) is 0 Å². The Labute approximate surface area is 155 Å². The van der Waals surface area contributed by atoms with Gasteiger partial charge in [0.1, 0.15) is 0 Å². The first-order valence-corrected chi connectivity index (χ1v) is 10.1. The molecule has 142 valence electrons. The molecule has 2 aromatic heterocycles. The molecule has 1 aliphatic heterocycles. The fraction of sp³-hybridized carbons (Fsp3) is 0.700.